The molecule has 0 aliphatic carbocycles. The minimum Gasteiger partial charge on any atom is -0.496 e. The number of methoxy groups -OCH3 is 1. The van der Waals surface area contributed by atoms with Gasteiger partial charge in [-0.1, -0.05) is 6.07 Å². The number of ether oxygens (including phenoxy) is 2. The Balaban J connectivity index is 1.92. The van der Waals surface area contributed by atoms with Crippen molar-refractivity contribution in [2.24, 2.45) is 4.99 Å². The molecule has 1 aliphatic heterocycles. The van der Waals surface area contributed by atoms with Crippen molar-refractivity contribution in [3.05, 3.63) is 28.2 Å². The Morgan fingerprint density at radius 1 is 1.45 bits per heavy atom. The molecule has 1 heterocycles. The van der Waals surface area contributed by atoms with Crippen molar-refractivity contribution in [3.8, 4) is 5.75 Å². The first-order chi connectivity index (χ1) is 10.7. The number of guanidine groups is 1. The van der Waals surface area contributed by atoms with Crippen LogP contribution in [0, 0.1) is 0 Å². The predicted molar refractivity (Wildman–Crippen MR) is 92.5 cm³/mol. The zero-order valence-corrected chi connectivity index (χ0v) is 14.8. The minimum absolute atomic E-state index is 0.305. The Morgan fingerprint density at radius 3 is 2.95 bits per heavy atom. The van der Waals surface area contributed by atoms with E-state index < -0.39 is 0 Å². The molecule has 0 bridgehead atoms. The molecule has 5 nitrogen and oxygen atoms in total. The molecular formula is C16H24BrN3O2. The molecule has 1 fully saturated rings. The van der Waals surface area contributed by atoms with Crippen molar-refractivity contribution in [2.75, 3.05) is 26.8 Å². The fourth-order valence-electron chi connectivity index (χ4n) is 2.34. The summed E-state index contributed by atoms with van der Waals surface area (Å²) >= 11 is 3.50. The summed E-state index contributed by atoms with van der Waals surface area (Å²) in [7, 11) is 1.66. The summed E-state index contributed by atoms with van der Waals surface area (Å²) in [6, 6.07) is 6.00. The topological polar surface area (TPSA) is 54.9 Å². The van der Waals surface area contributed by atoms with Crippen LogP contribution in [-0.2, 0) is 11.3 Å². The molecule has 0 aromatic heterocycles. The maximum absolute atomic E-state index is 5.62. The van der Waals surface area contributed by atoms with E-state index in [1.165, 1.54) is 0 Å². The van der Waals surface area contributed by atoms with E-state index in [9.17, 15) is 0 Å². The highest BCUT2D eigenvalue weighted by Gasteiger charge is 2.15. The second kappa shape index (κ2) is 9.00. The van der Waals surface area contributed by atoms with Gasteiger partial charge in [0.05, 0.1) is 24.2 Å². The highest BCUT2D eigenvalue weighted by Crippen LogP contribution is 2.25. The van der Waals surface area contributed by atoms with Gasteiger partial charge in [-0.05, 0) is 53.4 Å². The average Bonchev–Trinajstić information content (AvgIpc) is 3.03. The molecule has 1 aliphatic rings. The van der Waals surface area contributed by atoms with Gasteiger partial charge in [0.15, 0.2) is 5.96 Å². The number of hydrogen-bond acceptors (Lipinski definition) is 3. The van der Waals surface area contributed by atoms with Gasteiger partial charge in [-0.25, -0.2) is 4.99 Å². The summed E-state index contributed by atoms with van der Waals surface area (Å²) in [5.74, 6) is 1.65. The molecule has 2 rings (SSSR count). The Kier molecular flexibility index (Phi) is 6.99. The summed E-state index contributed by atoms with van der Waals surface area (Å²) in [5.41, 5.74) is 1.13. The summed E-state index contributed by atoms with van der Waals surface area (Å²) < 4.78 is 11.8. The maximum Gasteiger partial charge on any atom is 0.191 e. The highest BCUT2D eigenvalue weighted by atomic mass is 79.9. The number of rotatable bonds is 6. The van der Waals surface area contributed by atoms with E-state index in [0.29, 0.717) is 12.6 Å². The van der Waals surface area contributed by atoms with Crippen molar-refractivity contribution < 1.29 is 9.47 Å². The van der Waals surface area contributed by atoms with Crippen LogP contribution in [0.5, 0.6) is 5.75 Å². The number of nitrogens with zero attached hydrogens (tertiary/aromatic N) is 1. The average molecular weight is 370 g/mol. The van der Waals surface area contributed by atoms with Gasteiger partial charge in [0.25, 0.3) is 0 Å². The van der Waals surface area contributed by atoms with Crippen molar-refractivity contribution >= 4 is 21.9 Å². The molecule has 0 radical (unpaired) electrons. The Morgan fingerprint density at radius 2 is 2.32 bits per heavy atom. The lowest BCUT2D eigenvalue weighted by Gasteiger charge is -2.14. The molecule has 22 heavy (non-hydrogen) atoms. The normalized spacial score (nSPS) is 18.3. The maximum atomic E-state index is 5.62. The lowest BCUT2D eigenvalue weighted by atomic mass is 10.2. The third kappa shape index (κ3) is 5.18. The molecule has 1 saturated heterocycles. The van der Waals surface area contributed by atoms with Crippen LogP contribution in [-0.4, -0.2) is 38.9 Å². The van der Waals surface area contributed by atoms with Crippen LogP contribution in [0.25, 0.3) is 0 Å². The molecule has 0 saturated carbocycles. The highest BCUT2D eigenvalue weighted by molar-refractivity contribution is 9.10. The monoisotopic (exact) mass is 369 g/mol. The summed E-state index contributed by atoms with van der Waals surface area (Å²) in [6.07, 6.45) is 2.58. The summed E-state index contributed by atoms with van der Waals surface area (Å²) in [4.78, 5) is 4.62. The number of hydrogen-bond donors (Lipinski definition) is 2. The van der Waals surface area contributed by atoms with Gasteiger partial charge in [-0.3, -0.25) is 0 Å². The molecule has 1 unspecified atom stereocenters. The first-order valence-electron chi connectivity index (χ1n) is 7.69. The molecule has 1 aromatic carbocycles. The quantitative estimate of drug-likeness (QED) is 0.597. The summed E-state index contributed by atoms with van der Waals surface area (Å²) in [6.45, 7) is 5.19. The van der Waals surface area contributed by atoms with Gasteiger partial charge >= 0.3 is 0 Å². The van der Waals surface area contributed by atoms with Gasteiger partial charge in [0.2, 0.25) is 0 Å². The molecule has 1 aromatic rings. The largest absolute Gasteiger partial charge is 0.496 e. The molecule has 0 amide bonds. The second-order valence-corrected chi connectivity index (χ2v) is 6.03. The van der Waals surface area contributed by atoms with E-state index in [0.717, 1.165) is 54.3 Å². The zero-order valence-electron chi connectivity index (χ0n) is 13.2. The van der Waals surface area contributed by atoms with E-state index in [1.807, 2.05) is 18.2 Å². The van der Waals surface area contributed by atoms with Gasteiger partial charge in [0.1, 0.15) is 5.75 Å². The van der Waals surface area contributed by atoms with Crippen LogP contribution >= 0.6 is 15.9 Å². The minimum atomic E-state index is 0.305. The standard InChI is InChI=1S/C16H24BrN3O2/c1-3-18-16(20-11-13-5-4-8-22-13)19-10-12-6-7-15(21-2)14(17)9-12/h6-7,9,13H,3-5,8,10-11H2,1-2H3,(H2,18,19,20). The van der Waals surface area contributed by atoms with Crippen LogP contribution in [0.4, 0.5) is 0 Å². The van der Waals surface area contributed by atoms with Crippen molar-refractivity contribution in [3.63, 3.8) is 0 Å². The van der Waals surface area contributed by atoms with Crippen molar-refractivity contribution in [1.82, 2.24) is 10.6 Å². The molecule has 122 valence electrons. The second-order valence-electron chi connectivity index (χ2n) is 5.18. The number of aliphatic imine (C=N–C) groups is 1. The fourth-order valence-corrected chi connectivity index (χ4v) is 2.92. The van der Waals surface area contributed by atoms with Gasteiger partial charge in [-0.2, -0.15) is 0 Å². The number of benzene rings is 1. The van der Waals surface area contributed by atoms with E-state index in [-0.39, 0.29) is 0 Å². The van der Waals surface area contributed by atoms with Crippen LogP contribution in [0.1, 0.15) is 25.3 Å². The third-order valence-corrected chi connectivity index (χ3v) is 4.12. The van der Waals surface area contributed by atoms with Crippen molar-refractivity contribution in [1.29, 1.82) is 0 Å². The van der Waals surface area contributed by atoms with Crippen LogP contribution in [0.2, 0.25) is 0 Å². The van der Waals surface area contributed by atoms with Crippen molar-refractivity contribution in [2.45, 2.75) is 32.4 Å². The zero-order chi connectivity index (χ0) is 15.8. The Hall–Kier alpha value is -1.27. The summed E-state index contributed by atoms with van der Waals surface area (Å²) in [5, 5.41) is 6.61. The number of nitrogens with one attached hydrogen (secondary N) is 2. The fraction of sp³-hybridized carbons (Fsp3) is 0.562. The molecular weight excluding hydrogens is 346 g/mol. The van der Waals surface area contributed by atoms with Crippen LogP contribution in [0.15, 0.2) is 27.7 Å². The molecule has 0 spiro atoms. The van der Waals surface area contributed by atoms with E-state index in [2.05, 4.69) is 38.5 Å². The lowest BCUT2D eigenvalue weighted by Crippen LogP contribution is -2.41. The van der Waals surface area contributed by atoms with Gasteiger partial charge < -0.3 is 20.1 Å². The van der Waals surface area contributed by atoms with Crippen LogP contribution in [0.3, 0.4) is 0 Å². The van der Waals surface area contributed by atoms with Gasteiger partial charge in [0, 0.05) is 19.7 Å². The predicted octanol–water partition coefficient (Wildman–Crippen LogP) is 2.69. The SMILES string of the molecule is CCNC(=NCc1ccc(OC)c(Br)c1)NCC1CCCO1. The smallest absolute Gasteiger partial charge is 0.191 e. The Labute approximate surface area is 140 Å². The molecule has 1 atom stereocenters. The molecule has 6 heteroatoms. The Bertz CT molecular complexity index is 502. The van der Waals surface area contributed by atoms with Gasteiger partial charge in [-0.15, -0.1) is 0 Å². The third-order valence-electron chi connectivity index (χ3n) is 3.50. The van der Waals surface area contributed by atoms with E-state index >= 15 is 0 Å². The lowest BCUT2D eigenvalue weighted by molar-refractivity contribution is 0.114. The van der Waals surface area contributed by atoms with E-state index in [1.54, 1.807) is 7.11 Å². The molecule has 2 N–H and O–H groups in total. The van der Waals surface area contributed by atoms with Crippen LogP contribution < -0.4 is 15.4 Å². The number of halogens is 1. The first kappa shape index (κ1) is 17.1. The first-order valence-corrected chi connectivity index (χ1v) is 8.48. The van der Waals surface area contributed by atoms with E-state index in [4.69, 9.17) is 9.47 Å².